The Balaban J connectivity index is 3.83. The lowest BCUT2D eigenvalue weighted by molar-refractivity contribution is 0.650. The first-order valence-corrected chi connectivity index (χ1v) is 10.3. The first kappa shape index (κ1) is 20.8. The predicted molar refractivity (Wildman–Crippen MR) is 94.4 cm³/mol. The summed E-state index contributed by atoms with van der Waals surface area (Å²) in [7, 11) is 0. The molecule has 0 N–H and O–H groups in total. The minimum absolute atomic E-state index is 0.424. The van der Waals surface area contributed by atoms with E-state index in [9.17, 15) is 0 Å². The first-order chi connectivity index (χ1) is 9.28. The molecular weight excluding hydrogens is 366 g/mol. The summed E-state index contributed by atoms with van der Waals surface area (Å²) in [6.45, 7) is 0. The third-order valence-corrected chi connectivity index (χ3v) is 5.62. The van der Waals surface area contributed by atoms with Crippen molar-refractivity contribution in [3.05, 3.63) is 0 Å². The van der Waals surface area contributed by atoms with Crippen LogP contribution in [0.25, 0.3) is 0 Å². The molecule has 0 aromatic carbocycles. The highest BCUT2D eigenvalue weighted by Gasteiger charge is 2.14. The van der Waals surface area contributed by atoms with Gasteiger partial charge in [0.15, 0.2) is 0 Å². The molecule has 0 saturated heterocycles. The maximum absolute atomic E-state index is 5.79. The van der Waals surface area contributed by atoms with Gasteiger partial charge >= 0.3 is 0 Å². The van der Waals surface area contributed by atoms with Crippen LogP contribution >= 0.6 is 70.5 Å². The normalized spacial score (nSPS) is 14.5. The molecule has 0 aliphatic rings. The Bertz CT molecular complexity index is 171. The molecule has 7 heteroatoms. The van der Waals surface area contributed by atoms with Crippen molar-refractivity contribution in [2.75, 3.05) is 23.5 Å². The second kappa shape index (κ2) is 16.2. The quantitative estimate of drug-likeness (QED) is 0.254. The fraction of sp³-hybridized carbons (Fsp3) is 1.00. The van der Waals surface area contributed by atoms with Crippen LogP contribution in [-0.2, 0) is 3.63 Å². The SMILES string of the molecule is ClCCCC(CCCl)SOSC(CCCl)CCCCl. The van der Waals surface area contributed by atoms with E-state index in [-0.39, 0.29) is 0 Å². The second-order valence-corrected chi connectivity index (χ2v) is 7.90. The Labute approximate surface area is 146 Å². The number of alkyl halides is 4. The van der Waals surface area contributed by atoms with E-state index in [2.05, 4.69) is 0 Å². The minimum Gasteiger partial charge on any atom is -0.247 e. The lowest BCUT2D eigenvalue weighted by atomic mass is 10.2. The van der Waals surface area contributed by atoms with E-state index in [0.717, 1.165) is 38.5 Å². The zero-order valence-electron chi connectivity index (χ0n) is 11.0. The van der Waals surface area contributed by atoms with Gasteiger partial charge < -0.3 is 0 Å². The molecule has 0 fully saturated rings. The van der Waals surface area contributed by atoms with Gasteiger partial charge in [-0.05, 0) is 38.5 Å². The van der Waals surface area contributed by atoms with Gasteiger partial charge in [-0.3, -0.25) is 0 Å². The highest BCUT2D eigenvalue weighted by Crippen LogP contribution is 2.31. The largest absolute Gasteiger partial charge is 0.247 e. The molecule has 0 radical (unpaired) electrons. The molecule has 2 unspecified atom stereocenters. The van der Waals surface area contributed by atoms with Crippen molar-refractivity contribution in [2.45, 2.75) is 49.0 Å². The van der Waals surface area contributed by atoms with Crippen LogP contribution in [0.2, 0.25) is 0 Å². The van der Waals surface area contributed by atoms with Crippen LogP contribution in [0.1, 0.15) is 38.5 Å². The minimum atomic E-state index is 0.424. The van der Waals surface area contributed by atoms with Gasteiger partial charge in [0.2, 0.25) is 0 Å². The fourth-order valence-corrected chi connectivity index (χ4v) is 4.59. The van der Waals surface area contributed by atoms with Crippen LogP contribution in [-0.4, -0.2) is 34.0 Å². The van der Waals surface area contributed by atoms with E-state index in [1.54, 1.807) is 0 Å². The smallest absolute Gasteiger partial charge is 0.0335 e. The van der Waals surface area contributed by atoms with Crippen LogP contribution in [0.15, 0.2) is 0 Å². The highest BCUT2D eigenvalue weighted by molar-refractivity contribution is 8.08. The standard InChI is InChI=1S/C12H22Cl4OS2/c13-7-1-3-11(5-9-15)18-17-19-12(6-10-16)4-2-8-14/h11-12H,1-10H2. The van der Waals surface area contributed by atoms with Gasteiger partial charge in [-0.25, -0.2) is 3.63 Å². The summed E-state index contributed by atoms with van der Waals surface area (Å²) < 4.78 is 5.69. The Kier molecular flexibility index (Phi) is 17.7. The summed E-state index contributed by atoms with van der Waals surface area (Å²) in [5.41, 5.74) is 0. The molecular formula is C12H22Cl4OS2. The average Bonchev–Trinajstić information content (AvgIpc) is 2.42. The van der Waals surface area contributed by atoms with E-state index >= 15 is 0 Å². The number of hydrogen-bond donors (Lipinski definition) is 0. The molecule has 0 amide bonds. The molecule has 0 bridgehead atoms. The number of halogens is 4. The summed E-state index contributed by atoms with van der Waals surface area (Å²) in [5, 5.41) is 0.849. The van der Waals surface area contributed by atoms with Gasteiger partial charge in [0.05, 0.1) is 0 Å². The van der Waals surface area contributed by atoms with E-state index in [4.69, 9.17) is 50.0 Å². The van der Waals surface area contributed by atoms with Gasteiger partial charge in [0.1, 0.15) is 0 Å². The van der Waals surface area contributed by atoms with Crippen molar-refractivity contribution < 1.29 is 3.63 Å². The van der Waals surface area contributed by atoms with Gasteiger partial charge in [-0.15, -0.1) is 46.4 Å². The van der Waals surface area contributed by atoms with Crippen molar-refractivity contribution >= 4 is 70.5 Å². The van der Waals surface area contributed by atoms with E-state index in [1.165, 1.54) is 24.1 Å². The van der Waals surface area contributed by atoms with Crippen LogP contribution < -0.4 is 0 Å². The van der Waals surface area contributed by atoms with Gasteiger partial charge in [-0.2, -0.15) is 0 Å². The molecule has 0 spiro atoms. The molecule has 1 nitrogen and oxygen atoms in total. The third-order valence-electron chi connectivity index (χ3n) is 2.53. The third kappa shape index (κ3) is 13.2. The Morgan fingerprint density at radius 2 is 1.05 bits per heavy atom. The van der Waals surface area contributed by atoms with E-state index in [0.29, 0.717) is 34.0 Å². The molecule has 116 valence electrons. The molecule has 0 aromatic rings. The summed E-state index contributed by atoms with van der Waals surface area (Å²) in [4.78, 5) is 0. The maximum atomic E-state index is 5.79. The summed E-state index contributed by atoms with van der Waals surface area (Å²) in [6.07, 6.45) is 5.99. The van der Waals surface area contributed by atoms with Gasteiger partial charge in [0, 0.05) is 58.1 Å². The van der Waals surface area contributed by atoms with Crippen molar-refractivity contribution in [2.24, 2.45) is 0 Å². The van der Waals surface area contributed by atoms with E-state index in [1.807, 2.05) is 0 Å². The van der Waals surface area contributed by atoms with Crippen LogP contribution in [0.5, 0.6) is 0 Å². The van der Waals surface area contributed by atoms with Crippen molar-refractivity contribution in [1.82, 2.24) is 0 Å². The summed E-state index contributed by atoms with van der Waals surface area (Å²) in [5.74, 6) is 2.70. The molecule has 19 heavy (non-hydrogen) atoms. The molecule has 0 saturated carbocycles. The van der Waals surface area contributed by atoms with Crippen LogP contribution in [0, 0.1) is 0 Å². The number of rotatable bonds is 14. The zero-order valence-corrected chi connectivity index (χ0v) is 15.6. The lowest BCUT2D eigenvalue weighted by Gasteiger charge is -2.17. The van der Waals surface area contributed by atoms with Crippen LogP contribution in [0.3, 0.4) is 0 Å². The Hall–Kier alpha value is 1.82. The topological polar surface area (TPSA) is 9.23 Å². The second-order valence-electron chi connectivity index (χ2n) is 4.12. The molecule has 0 rings (SSSR count). The van der Waals surface area contributed by atoms with E-state index < -0.39 is 0 Å². The number of hydrogen-bond acceptors (Lipinski definition) is 3. The van der Waals surface area contributed by atoms with Crippen molar-refractivity contribution in [3.63, 3.8) is 0 Å². The fourth-order valence-electron chi connectivity index (χ4n) is 1.47. The Morgan fingerprint density at radius 1 is 0.632 bits per heavy atom. The average molecular weight is 388 g/mol. The molecule has 0 aliphatic heterocycles. The molecule has 2 atom stereocenters. The summed E-state index contributed by atoms with van der Waals surface area (Å²) in [6, 6.07) is 0. The lowest BCUT2D eigenvalue weighted by Crippen LogP contribution is -2.07. The van der Waals surface area contributed by atoms with Crippen molar-refractivity contribution in [3.8, 4) is 0 Å². The molecule has 0 aliphatic carbocycles. The molecule has 0 aromatic heterocycles. The maximum Gasteiger partial charge on any atom is 0.0335 e. The molecule has 0 heterocycles. The van der Waals surface area contributed by atoms with Crippen molar-refractivity contribution in [1.29, 1.82) is 0 Å². The van der Waals surface area contributed by atoms with Gasteiger partial charge in [-0.1, -0.05) is 0 Å². The predicted octanol–water partition coefficient (Wildman–Crippen LogP) is 6.33. The monoisotopic (exact) mass is 386 g/mol. The Morgan fingerprint density at radius 3 is 1.37 bits per heavy atom. The highest BCUT2D eigenvalue weighted by atomic mass is 35.5. The summed E-state index contributed by atoms with van der Waals surface area (Å²) >= 11 is 26.0. The van der Waals surface area contributed by atoms with Crippen LogP contribution in [0.4, 0.5) is 0 Å². The first-order valence-electron chi connectivity index (χ1n) is 6.51. The van der Waals surface area contributed by atoms with Gasteiger partial charge in [0.25, 0.3) is 0 Å². The zero-order chi connectivity index (χ0) is 14.3.